The molecule has 7 aromatic carbocycles. The van der Waals surface area contributed by atoms with Gasteiger partial charge in [0.1, 0.15) is 0 Å². The van der Waals surface area contributed by atoms with Crippen LogP contribution in [0.1, 0.15) is 83.1 Å². The summed E-state index contributed by atoms with van der Waals surface area (Å²) in [6, 6.07) is 61.5. The van der Waals surface area contributed by atoms with Gasteiger partial charge in [0.05, 0.1) is 33.6 Å². The Kier molecular flexibility index (Phi) is 14.8. The van der Waals surface area contributed by atoms with Gasteiger partial charge in [0, 0.05) is 37.2 Å². The van der Waals surface area contributed by atoms with Crippen molar-refractivity contribution in [3.8, 4) is 83.8 Å². The summed E-state index contributed by atoms with van der Waals surface area (Å²) in [6.45, 7) is 25.0. The molecule has 0 spiro atoms. The van der Waals surface area contributed by atoms with Gasteiger partial charge in [-0.05, 0) is 170 Å². The molecule has 0 amide bonds. The summed E-state index contributed by atoms with van der Waals surface area (Å²) in [5, 5.41) is 13.8. The van der Waals surface area contributed by atoms with Crippen molar-refractivity contribution in [3.63, 3.8) is 0 Å². The van der Waals surface area contributed by atoms with Gasteiger partial charge in [-0.15, -0.1) is 51.3 Å². The number of nitrogens with zero attached hydrogens (tertiary/aromatic N) is 6. The van der Waals surface area contributed by atoms with Crippen molar-refractivity contribution in [2.45, 2.75) is 117 Å². The van der Waals surface area contributed by atoms with Crippen LogP contribution in [0.15, 0.2) is 183 Å². The van der Waals surface area contributed by atoms with Crippen LogP contribution in [0.5, 0.6) is 0 Å². The van der Waals surface area contributed by atoms with Gasteiger partial charge in [0.2, 0.25) is 0 Å². The first-order chi connectivity index (χ1) is 40.1. The van der Waals surface area contributed by atoms with Gasteiger partial charge in [0.15, 0.2) is 0 Å². The van der Waals surface area contributed by atoms with Crippen LogP contribution in [0.4, 0.5) is 0 Å². The fourth-order valence-corrected chi connectivity index (χ4v) is 11.3. The minimum Gasteiger partial charge on any atom is -0.401 e. The van der Waals surface area contributed by atoms with E-state index in [1.54, 1.807) is 18.6 Å². The Hall–Kier alpha value is -7.23. The number of benzene rings is 7. The number of hydrogen-bond acceptors (Lipinski definition) is 9. The van der Waals surface area contributed by atoms with E-state index in [0.29, 0.717) is 0 Å². The molecule has 0 unspecified atom stereocenters. The van der Waals surface area contributed by atoms with Crippen molar-refractivity contribution in [2.75, 3.05) is 0 Å². The molecule has 6 heterocycles. The third kappa shape index (κ3) is 10.4. The standard InChI is InChI=1S/C69H66B3N6O6.Ir/c1-64(2)65(3,4)80-70(79-64)61-43-49(76-37-19-34-73-76)28-31-58(61)55-25-16-13-22-52(55)46-40-47(53-23-14-17-26-56(53)59-32-29-50(77-38-20-35-74-77)44-62(59)71-81-66(5,6)67(7,8)82-71)42-48(41-46)54-24-15-18-27-57(54)60-33-30-51(78-39-21-36-75-78)45-63(60)72-83-68(9,10)69(11,12)84-72;/h13-27,31-45H,1-12H3;/q-3;+3. The summed E-state index contributed by atoms with van der Waals surface area (Å²) in [5.41, 5.74) is 13.0. The summed E-state index contributed by atoms with van der Waals surface area (Å²) in [5.74, 6) is 0. The van der Waals surface area contributed by atoms with E-state index in [1.165, 1.54) is 0 Å². The van der Waals surface area contributed by atoms with E-state index >= 15 is 0 Å². The van der Waals surface area contributed by atoms with Crippen LogP contribution in [0.2, 0.25) is 0 Å². The van der Waals surface area contributed by atoms with Gasteiger partial charge < -0.3 is 27.9 Å². The predicted molar refractivity (Wildman–Crippen MR) is 334 cm³/mol. The molecular weight excluding hydrogens is 1230 g/mol. The second kappa shape index (κ2) is 21.6. The Morgan fingerprint density at radius 2 is 0.553 bits per heavy atom. The van der Waals surface area contributed by atoms with Crippen molar-refractivity contribution in [2.24, 2.45) is 0 Å². The van der Waals surface area contributed by atoms with Gasteiger partial charge >= 0.3 is 41.5 Å². The molecule has 3 aliphatic heterocycles. The SMILES string of the molecule is CC1(C)OB(c2cc(-n3cccn3)[c-]cc2-c2ccccc2-c2cc(-c3ccccc3-c3c[c-]c(-n4cccn4)cc3B3OC(C)(C)C(C)(C)O3)cc(-c3ccccc3-c3c[c-]c(-n4cccn4)cc3B3OC(C)(C)C(C)(C)O3)c2)OC1(C)C.[Ir+3]. The molecule has 3 saturated heterocycles. The van der Waals surface area contributed by atoms with Crippen LogP contribution < -0.4 is 16.4 Å². The van der Waals surface area contributed by atoms with Gasteiger partial charge in [-0.2, -0.15) is 51.7 Å². The van der Waals surface area contributed by atoms with Crippen LogP contribution in [0.3, 0.4) is 0 Å². The Balaban J connectivity index is 0.00000709. The summed E-state index contributed by atoms with van der Waals surface area (Å²) in [6.07, 6.45) is 11.1. The fourth-order valence-electron chi connectivity index (χ4n) is 11.3. The molecule has 0 N–H and O–H groups in total. The first-order valence-electron chi connectivity index (χ1n) is 28.8. The van der Waals surface area contributed by atoms with Crippen molar-refractivity contribution in [3.05, 3.63) is 201 Å². The summed E-state index contributed by atoms with van der Waals surface area (Å²) in [4.78, 5) is 0. The molecule has 0 radical (unpaired) electrons. The Morgan fingerprint density at radius 3 is 0.776 bits per heavy atom. The van der Waals surface area contributed by atoms with Crippen molar-refractivity contribution in [1.29, 1.82) is 0 Å². The molecule has 12 nitrogen and oxygen atoms in total. The molecule has 10 aromatic rings. The Morgan fingerprint density at radius 1 is 0.318 bits per heavy atom. The first kappa shape index (κ1) is 58.2. The topological polar surface area (TPSA) is 109 Å². The third-order valence-electron chi connectivity index (χ3n) is 18.2. The van der Waals surface area contributed by atoms with E-state index in [1.807, 2.05) is 69.0 Å². The number of aromatic nitrogens is 6. The molecule has 0 saturated carbocycles. The third-order valence-corrected chi connectivity index (χ3v) is 18.2. The van der Waals surface area contributed by atoms with Crippen molar-refractivity contribution in [1.82, 2.24) is 29.3 Å². The molecule has 0 aliphatic carbocycles. The van der Waals surface area contributed by atoms with E-state index in [9.17, 15) is 0 Å². The summed E-state index contributed by atoms with van der Waals surface area (Å²) >= 11 is 0. The van der Waals surface area contributed by atoms with Crippen molar-refractivity contribution >= 4 is 37.7 Å². The minimum atomic E-state index is -0.688. The normalized spacial score (nSPS) is 18.0. The van der Waals surface area contributed by atoms with Gasteiger partial charge in [-0.25, -0.2) is 0 Å². The molecule has 0 atom stereocenters. The number of hydrogen-bond donors (Lipinski definition) is 0. The molecule has 0 bridgehead atoms. The molecule has 3 aliphatic rings. The molecule has 13 rings (SSSR count). The van der Waals surface area contributed by atoms with Crippen LogP contribution in [0.25, 0.3) is 83.8 Å². The van der Waals surface area contributed by atoms with Crippen LogP contribution >= 0.6 is 0 Å². The predicted octanol–water partition coefficient (Wildman–Crippen LogP) is 12.5. The second-order valence-electron chi connectivity index (χ2n) is 25.1. The molecule has 85 heavy (non-hydrogen) atoms. The fraction of sp³-hybridized carbons (Fsp3) is 0.261. The van der Waals surface area contributed by atoms with Crippen LogP contribution in [-0.2, 0) is 48.0 Å². The van der Waals surface area contributed by atoms with Crippen LogP contribution in [-0.4, -0.2) is 84.3 Å². The van der Waals surface area contributed by atoms with Gasteiger partial charge in [-0.3, -0.25) is 14.0 Å². The maximum absolute atomic E-state index is 6.87. The minimum absolute atomic E-state index is 0. The number of rotatable bonds is 12. The Labute approximate surface area is 513 Å². The van der Waals surface area contributed by atoms with Gasteiger partial charge in [-0.1, -0.05) is 89.5 Å². The van der Waals surface area contributed by atoms with E-state index < -0.39 is 55.0 Å². The zero-order chi connectivity index (χ0) is 58.6. The average Bonchev–Trinajstić information content (AvgIpc) is 2.03. The van der Waals surface area contributed by atoms with E-state index in [0.717, 1.165) is 100 Å². The quantitative estimate of drug-likeness (QED) is 0.0872. The maximum atomic E-state index is 6.87. The zero-order valence-electron chi connectivity index (χ0n) is 50.0. The van der Waals surface area contributed by atoms with E-state index in [-0.39, 0.29) is 20.1 Å². The average molecular weight is 1300 g/mol. The molecule has 426 valence electrons. The molecule has 3 fully saturated rings. The molecule has 16 heteroatoms. The smallest absolute Gasteiger partial charge is 0.401 e. The first-order valence-corrected chi connectivity index (χ1v) is 28.8. The molecular formula is C69H66B3IrN6O6. The summed E-state index contributed by atoms with van der Waals surface area (Å²) in [7, 11) is -2.06. The monoisotopic (exact) mass is 1300 g/mol. The second-order valence-corrected chi connectivity index (χ2v) is 25.1. The summed E-state index contributed by atoms with van der Waals surface area (Å²) < 4.78 is 46.7. The van der Waals surface area contributed by atoms with Crippen LogP contribution in [0, 0.1) is 18.2 Å². The largest absolute Gasteiger partial charge is 3.00 e. The molecule has 3 aromatic heterocycles. The van der Waals surface area contributed by atoms with Gasteiger partial charge in [0.25, 0.3) is 0 Å². The van der Waals surface area contributed by atoms with E-state index in [2.05, 4.69) is 226 Å². The Bertz CT molecular complexity index is 3630. The zero-order valence-corrected chi connectivity index (χ0v) is 52.4. The maximum Gasteiger partial charge on any atom is 3.00 e. The van der Waals surface area contributed by atoms with Crippen molar-refractivity contribution < 1.29 is 48.0 Å². The van der Waals surface area contributed by atoms with E-state index in [4.69, 9.17) is 27.9 Å².